The number of hydrogen-bond donors (Lipinski definition) is 3. The molecule has 2 bridgehead atoms. The van der Waals surface area contributed by atoms with E-state index in [0.717, 1.165) is 12.8 Å². The van der Waals surface area contributed by atoms with Crippen molar-refractivity contribution >= 4 is 11.9 Å². The van der Waals surface area contributed by atoms with Crippen LogP contribution in [0.3, 0.4) is 0 Å². The molecule has 18 heavy (non-hydrogen) atoms. The van der Waals surface area contributed by atoms with Crippen molar-refractivity contribution in [2.24, 2.45) is 5.92 Å². The van der Waals surface area contributed by atoms with Crippen molar-refractivity contribution in [2.75, 3.05) is 7.11 Å². The maximum atomic E-state index is 11.1. The van der Waals surface area contributed by atoms with Gasteiger partial charge in [0.1, 0.15) is 6.04 Å². The highest BCUT2D eigenvalue weighted by Gasteiger charge is 2.43. The highest BCUT2D eigenvalue weighted by molar-refractivity contribution is 5.76. The lowest BCUT2D eigenvalue weighted by Crippen LogP contribution is -2.66. The normalized spacial score (nSPS) is 29.4. The monoisotopic (exact) mass is 270 g/mol. The van der Waals surface area contributed by atoms with Crippen LogP contribution < -0.4 is 10.9 Å². The van der Waals surface area contributed by atoms with Crippen LogP contribution >= 0.6 is 0 Å². The first-order valence-corrected chi connectivity index (χ1v) is 5.14. The fourth-order valence-corrected chi connectivity index (χ4v) is 1.76. The summed E-state index contributed by atoms with van der Waals surface area (Å²) in [6.45, 7) is 0. The van der Waals surface area contributed by atoms with Crippen molar-refractivity contribution in [2.45, 2.75) is 31.1 Å². The molecule has 0 radical (unpaired) electrons. The van der Waals surface area contributed by atoms with E-state index < -0.39 is 12.1 Å². The average Bonchev–Trinajstić information content (AvgIpc) is 2.26. The molecule has 1 saturated carbocycles. The van der Waals surface area contributed by atoms with E-state index in [-0.39, 0.29) is 12.0 Å². The van der Waals surface area contributed by atoms with Gasteiger partial charge in [-0.25, -0.2) is 10.2 Å². The summed E-state index contributed by atoms with van der Waals surface area (Å²) in [7, 11) is 1.43. The largest absolute Gasteiger partial charge is 0.490 e. The Balaban J connectivity index is 0.000000203. The van der Waals surface area contributed by atoms with Crippen molar-refractivity contribution in [1.29, 1.82) is 0 Å². The molecule has 2 aliphatic heterocycles. The van der Waals surface area contributed by atoms with Crippen LogP contribution in [0.1, 0.15) is 12.8 Å². The number of nitrogens with one attached hydrogen (secondary N) is 2. The molecule has 0 spiro atoms. The Labute approximate surface area is 100 Å². The van der Waals surface area contributed by atoms with Gasteiger partial charge in [0.25, 0.3) is 0 Å². The van der Waals surface area contributed by atoms with Gasteiger partial charge in [0, 0.05) is 6.04 Å². The van der Waals surface area contributed by atoms with E-state index in [4.69, 9.17) is 9.90 Å². The zero-order valence-corrected chi connectivity index (χ0v) is 9.45. The van der Waals surface area contributed by atoms with Crippen molar-refractivity contribution in [3.05, 3.63) is 0 Å². The molecule has 2 saturated heterocycles. The third-order valence-electron chi connectivity index (χ3n) is 2.79. The van der Waals surface area contributed by atoms with E-state index in [0.29, 0.717) is 12.0 Å². The second-order valence-corrected chi connectivity index (χ2v) is 4.02. The minimum atomic E-state index is -5.08. The van der Waals surface area contributed by atoms with Gasteiger partial charge in [0.2, 0.25) is 0 Å². The number of fused-ring (bicyclic) bond motifs is 2. The Morgan fingerprint density at radius 2 is 1.78 bits per heavy atom. The van der Waals surface area contributed by atoms with Gasteiger partial charge in [0.15, 0.2) is 0 Å². The first-order chi connectivity index (χ1) is 8.25. The van der Waals surface area contributed by atoms with Gasteiger partial charge in [-0.05, 0) is 18.8 Å². The SMILES string of the molecule is COC(=O)[C@@H]1NNC2CC1C2.O=C(O)C(F)(F)F. The van der Waals surface area contributed by atoms with E-state index in [2.05, 4.69) is 15.6 Å². The smallest absolute Gasteiger partial charge is 0.475 e. The predicted octanol–water partition coefficient (Wildman–Crippen LogP) is 0.0477. The van der Waals surface area contributed by atoms with Gasteiger partial charge in [-0.3, -0.25) is 10.2 Å². The second kappa shape index (κ2) is 5.53. The molecule has 0 aromatic carbocycles. The molecule has 1 atom stereocenters. The summed E-state index contributed by atoms with van der Waals surface area (Å²) >= 11 is 0. The van der Waals surface area contributed by atoms with Crippen LogP contribution in [-0.4, -0.2) is 42.4 Å². The molecular weight excluding hydrogens is 257 g/mol. The number of carbonyl (C=O) groups excluding carboxylic acids is 1. The van der Waals surface area contributed by atoms with Crippen LogP contribution in [-0.2, 0) is 14.3 Å². The molecule has 6 nitrogen and oxygen atoms in total. The highest BCUT2D eigenvalue weighted by atomic mass is 19.4. The van der Waals surface area contributed by atoms with Crippen molar-refractivity contribution in [3.8, 4) is 0 Å². The van der Waals surface area contributed by atoms with Crippen LogP contribution in [0.15, 0.2) is 0 Å². The van der Waals surface area contributed by atoms with Crippen LogP contribution in [0.25, 0.3) is 0 Å². The van der Waals surface area contributed by atoms with Crippen molar-refractivity contribution in [3.63, 3.8) is 0 Å². The summed E-state index contributed by atoms with van der Waals surface area (Å²) in [5.74, 6) is -2.41. The Morgan fingerprint density at radius 3 is 2.06 bits per heavy atom. The predicted molar refractivity (Wildman–Crippen MR) is 52.3 cm³/mol. The zero-order valence-electron chi connectivity index (χ0n) is 9.45. The quantitative estimate of drug-likeness (QED) is 0.583. The number of carboxylic acids is 1. The molecule has 9 heteroatoms. The Morgan fingerprint density at radius 1 is 1.28 bits per heavy atom. The lowest BCUT2D eigenvalue weighted by Gasteiger charge is -2.46. The van der Waals surface area contributed by atoms with E-state index in [9.17, 15) is 18.0 Å². The van der Waals surface area contributed by atoms with Crippen molar-refractivity contribution in [1.82, 2.24) is 10.9 Å². The van der Waals surface area contributed by atoms with Crippen LogP contribution in [0.4, 0.5) is 13.2 Å². The Hall–Kier alpha value is -1.35. The molecule has 3 fully saturated rings. The van der Waals surface area contributed by atoms with E-state index in [1.54, 1.807) is 0 Å². The topological polar surface area (TPSA) is 87.7 Å². The lowest BCUT2D eigenvalue weighted by molar-refractivity contribution is -0.192. The molecule has 1 aliphatic carbocycles. The maximum Gasteiger partial charge on any atom is 0.490 e. The number of halogens is 3. The molecule has 0 unspecified atom stereocenters. The van der Waals surface area contributed by atoms with Crippen LogP contribution in [0.2, 0.25) is 0 Å². The molecule has 0 aromatic heterocycles. The van der Waals surface area contributed by atoms with E-state index in [1.165, 1.54) is 7.11 Å². The first-order valence-electron chi connectivity index (χ1n) is 5.14. The number of hydrazine groups is 1. The summed E-state index contributed by atoms with van der Waals surface area (Å²) in [6.07, 6.45) is -2.88. The molecule has 0 amide bonds. The number of carbonyl (C=O) groups is 2. The van der Waals surface area contributed by atoms with Gasteiger partial charge in [0.05, 0.1) is 7.11 Å². The standard InChI is InChI=1S/C7H12N2O2.C2HF3O2/c1-11-7(10)6-4-2-5(3-4)8-9-6;3-2(4,5)1(6)7/h4-6,8-9H,2-3H2,1H3;(H,6,7)/t4?,5?,6-;/m1./s1. The summed E-state index contributed by atoms with van der Waals surface area (Å²) in [5.41, 5.74) is 6.01. The van der Waals surface area contributed by atoms with Crippen LogP contribution in [0, 0.1) is 5.92 Å². The molecule has 2 heterocycles. The second-order valence-electron chi connectivity index (χ2n) is 4.02. The summed E-state index contributed by atoms with van der Waals surface area (Å²) in [4.78, 5) is 20.0. The van der Waals surface area contributed by atoms with Gasteiger partial charge in [-0.1, -0.05) is 0 Å². The number of methoxy groups -OCH3 is 1. The van der Waals surface area contributed by atoms with Gasteiger partial charge in [-0.2, -0.15) is 13.2 Å². The van der Waals surface area contributed by atoms with Crippen molar-refractivity contribution < 1.29 is 32.6 Å². The Bertz CT molecular complexity index is 326. The number of esters is 1. The number of aliphatic carboxylic acids is 1. The number of ether oxygens (including phenoxy) is 1. The number of alkyl halides is 3. The fraction of sp³-hybridized carbons (Fsp3) is 0.778. The lowest BCUT2D eigenvalue weighted by atomic mass is 9.74. The summed E-state index contributed by atoms with van der Waals surface area (Å²) in [6, 6.07) is 0.464. The van der Waals surface area contributed by atoms with Crippen LogP contribution in [0.5, 0.6) is 0 Å². The van der Waals surface area contributed by atoms with Gasteiger partial charge in [-0.15, -0.1) is 0 Å². The van der Waals surface area contributed by atoms with Gasteiger partial charge >= 0.3 is 18.1 Å². The third kappa shape index (κ3) is 3.57. The van der Waals surface area contributed by atoms with E-state index in [1.807, 2.05) is 0 Å². The third-order valence-corrected chi connectivity index (χ3v) is 2.79. The molecule has 3 N–H and O–H groups in total. The number of rotatable bonds is 1. The summed E-state index contributed by atoms with van der Waals surface area (Å²) in [5, 5.41) is 7.12. The van der Waals surface area contributed by atoms with Gasteiger partial charge < -0.3 is 9.84 Å². The zero-order chi connectivity index (χ0) is 13.9. The Kier molecular flexibility index (Phi) is 4.52. The number of hydrogen-bond acceptors (Lipinski definition) is 5. The number of carboxylic acid groups (broad SMARTS) is 1. The molecule has 3 rings (SSSR count). The molecule has 0 aromatic rings. The summed E-state index contributed by atoms with van der Waals surface area (Å²) < 4.78 is 36.4. The minimum Gasteiger partial charge on any atom is -0.475 e. The molecule has 3 aliphatic rings. The average molecular weight is 270 g/mol. The molecular formula is C9H13F3N2O4. The first kappa shape index (κ1) is 14.7. The maximum absolute atomic E-state index is 11.1. The molecule has 104 valence electrons. The highest BCUT2D eigenvalue weighted by Crippen LogP contribution is 2.33. The van der Waals surface area contributed by atoms with E-state index >= 15 is 0 Å². The fourth-order valence-electron chi connectivity index (χ4n) is 1.76. The minimum absolute atomic E-state index is 0.120.